The third kappa shape index (κ3) is 4.13. The Morgan fingerprint density at radius 1 is 1.41 bits per heavy atom. The van der Waals surface area contributed by atoms with Gasteiger partial charge in [-0.15, -0.1) is 21.5 Å². The molecule has 0 spiro atoms. The zero-order valence-electron chi connectivity index (χ0n) is 8.92. The lowest BCUT2D eigenvalue weighted by Crippen LogP contribution is -1.76. The molecule has 0 aliphatic carbocycles. The van der Waals surface area contributed by atoms with Gasteiger partial charge >= 0.3 is 0 Å². The van der Waals surface area contributed by atoms with Gasteiger partial charge in [0, 0.05) is 28.0 Å². The molecule has 6 heteroatoms. The van der Waals surface area contributed by atoms with Gasteiger partial charge in [-0.05, 0) is 6.07 Å². The van der Waals surface area contributed by atoms with E-state index in [0.29, 0.717) is 6.42 Å². The molecule has 0 atom stereocenters. The molecule has 0 amide bonds. The molecule has 0 saturated carbocycles. The average Bonchev–Trinajstić information content (AvgIpc) is 2.98. The predicted molar refractivity (Wildman–Crippen MR) is 72.4 cm³/mol. The molecule has 2 aromatic heterocycles. The van der Waals surface area contributed by atoms with Gasteiger partial charge in [-0.1, -0.05) is 34.9 Å². The number of aliphatic hydroxyl groups excluding tert-OH is 1. The average molecular weight is 282 g/mol. The molecular weight excluding hydrogens is 272 g/mol. The summed E-state index contributed by atoms with van der Waals surface area (Å²) in [5.41, 5.74) is 2.76. The van der Waals surface area contributed by atoms with E-state index in [1.165, 1.54) is 4.88 Å². The summed E-state index contributed by atoms with van der Waals surface area (Å²) in [6.45, 7) is 0.122. The van der Waals surface area contributed by atoms with Crippen LogP contribution in [0.2, 0.25) is 0 Å². The number of aromatic nitrogens is 2. The van der Waals surface area contributed by atoms with E-state index >= 15 is 0 Å². The molecule has 0 radical (unpaired) electrons. The highest BCUT2D eigenvalue weighted by molar-refractivity contribution is 8.00. The summed E-state index contributed by atoms with van der Waals surface area (Å²) in [7, 11) is 0. The molecule has 0 fully saturated rings. The highest BCUT2D eigenvalue weighted by atomic mass is 32.2. The summed E-state index contributed by atoms with van der Waals surface area (Å²) in [5, 5.41) is 18.4. The van der Waals surface area contributed by atoms with Crippen LogP contribution in [-0.4, -0.2) is 21.9 Å². The summed E-state index contributed by atoms with van der Waals surface area (Å²) in [5.74, 6) is 6.84. The van der Waals surface area contributed by atoms with Crippen molar-refractivity contribution in [3.63, 3.8) is 0 Å². The quantitative estimate of drug-likeness (QED) is 0.691. The summed E-state index contributed by atoms with van der Waals surface area (Å²) in [4.78, 5) is 1.28. The summed E-state index contributed by atoms with van der Waals surface area (Å²) < 4.78 is 0.992. The predicted octanol–water partition coefficient (Wildman–Crippen LogP) is 2.63. The van der Waals surface area contributed by atoms with Gasteiger partial charge in [-0.25, -0.2) is 0 Å². The fourth-order valence-electron chi connectivity index (χ4n) is 1.10. The van der Waals surface area contributed by atoms with Gasteiger partial charge in [-0.3, -0.25) is 0 Å². The van der Waals surface area contributed by atoms with E-state index in [4.69, 9.17) is 5.11 Å². The molecule has 3 nitrogen and oxygen atoms in total. The van der Waals surface area contributed by atoms with E-state index in [1.54, 1.807) is 39.9 Å². The number of nitrogens with zero attached hydrogens (tertiary/aromatic N) is 2. The van der Waals surface area contributed by atoms with E-state index in [2.05, 4.69) is 28.1 Å². The second kappa shape index (κ2) is 6.77. The number of hydrogen-bond acceptors (Lipinski definition) is 6. The molecule has 2 heterocycles. The first-order valence-corrected chi connectivity index (χ1v) is 7.69. The van der Waals surface area contributed by atoms with Gasteiger partial charge in [0.1, 0.15) is 5.51 Å². The van der Waals surface area contributed by atoms with Gasteiger partial charge in [0.25, 0.3) is 0 Å². The van der Waals surface area contributed by atoms with Crippen molar-refractivity contribution in [1.29, 1.82) is 0 Å². The Bertz CT molecular complexity index is 510. The minimum absolute atomic E-state index is 0.122. The summed E-state index contributed by atoms with van der Waals surface area (Å²) in [6.07, 6.45) is 0.532. The molecule has 0 aromatic carbocycles. The zero-order chi connectivity index (χ0) is 11.9. The van der Waals surface area contributed by atoms with Gasteiger partial charge in [0.15, 0.2) is 4.34 Å². The Hall–Kier alpha value is -0.870. The van der Waals surface area contributed by atoms with Crippen LogP contribution >= 0.6 is 34.4 Å². The first kappa shape index (κ1) is 12.6. The second-order valence-electron chi connectivity index (χ2n) is 3.07. The number of aliphatic hydroxyl groups is 1. The van der Waals surface area contributed by atoms with Gasteiger partial charge < -0.3 is 5.11 Å². The lowest BCUT2D eigenvalue weighted by Gasteiger charge is -1.91. The van der Waals surface area contributed by atoms with E-state index in [-0.39, 0.29) is 6.61 Å². The molecule has 1 N–H and O–H groups in total. The number of rotatable bonds is 4. The standard InChI is InChI=1S/C11H10N2OS3/c14-4-2-1-3-9-5-10(15-6-9)7-16-11-13-12-8-17-11/h5-6,8,14H,2,4,7H2. The number of thiophene rings is 1. The number of thioether (sulfide) groups is 1. The van der Waals surface area contributed by atoms with Crippen molar-refractivity contribution in [2.45, 2.75) is 16.5 Å². The lowest BCUT2D eigenvalue weighted by molar-refractivity contribution is 0.305. The van der Waals surface area contributed by atoms with Crippen molar-refractivity contribution in [2.24, 2.45) is 0 Å². The monoisotopic (exact) mass is 282 g/mol. The molecule has 88 valence electrons. The smallest absolute Gasteiger partial charge is 0.174 e. The minimum atomic E-state index is 0.122. The van der Waals surface area contributed by atoms with E-state index in [1.807, 2.05) is 5.38 Å². The molecule has 2 rings (SSSR count). The van der Waals surface area contributed by atoms with Crippen LogP contribution in [0.4, 0.5) is 0 Å². The van der Waals surface area contributed by atoms with E-state index in [9.17, 15) is 0 Å². The lowest BCUT2D eigenvalue weighted by atomic mass is 10.3. The summed E-state index contributed by atoms with van der Waals surface area (Å²) >= 11 is 4.94. The SMILES string of the molecule is OCCC#Cc1csc(CSc2nncs2)c1. The molecule has 0 saturated heterocycles. The van der Waals surface area contributed by atoms with E-state index < -0.39 is 0 Å². The van der Waals surface area contributed by atoms with Crippen LogP contribution < -0.4 is 0 Å². The number of hydrogen-bond donors (Lipinski definition) is 1. The summed E-state index contributed by atoms with van der Waals surface area (Å²) in [6, 6.07) is 2.09. The minimum Gasteiger partial charge on any atom is -0.395 e. The Labute approximate surface area is 112 Å². The first-order chi connectivity index (χ1) is 8.38. The van der Waals surface area contributed by atoms with Crippen LogP contribution in [0.1, 0.15) is 16.9 Å². The molecular formula is C11H10N2OS3. The van der Waals surface area contributed by atoms with Gasteiger partial charge in [0.05, 0.1) is 6.61 Å². The maximum Gasteiger partial charge on any atom is 0.174 e. The maximum absolute atomic E-state index is 8.62. The molecule has 0 aliphatic heterocycles. The van der Waals surface area contributed by atoms with Crippen molar-refractivity contribution in [3.8, 4) is 11.8 Å². The van der Waals surface area contributed by atoms with Crippen molar-refractivity contribution < 1.29 is 5.11 Å². The maximum atomic E-state index is 8.62. The Morgan fingerprint density at radius 2 is 2.35 bits per heavy atom. The van der Waals surface area contributed by atoms with Crippen LogP contribution in [0.25, 0.3) is 0 Å². The largest absolute Gasteiger partial charge is 0.395 e. The molecule has 17 heavy (non-hydrogen) atoms. The molecule has 0 aliphatic rings. The Balaban J connectivity index is 1.88. The molecule has 0 bridgehead atoms. The van der Waals surface area contributed by atoms with Crippen molar-refractivity contribution in [1.82, 2.24) is 10.2 Å². The molecule has 0 unspecified atom stereocenters. The third-order valence-corrected chi connectivity index (χ3v) is 4.83. The van der Waals surface area contributed by atoms with Gasteiger partial charge in [-0.2, -0.15) is 0 Å². The fraction of sp³-hybridized carbons (Fsp3) is 0.273. The zero-order valence-corrected chi connectivity index (χ0v) is 11.4. The van der Waals surface area contributed by atoms with Crippen molar-refractivity contribution >= 4 is 34.4 Å². The van der Waals surface area contributed by atoms with Crippen molar-refractivity contribution in [2.75, 3.05) is 6.61 Å². The van der Waals surface area contributed by atoms with Gasteiger partial charge in [0.2, 0.25) is 0 Å². The second-order valence-corrected chi connectivity index (χ2v) is 6.12. The Kier molecular flexibility index (Phi) is 5.01. The van der Waals surface area contributed by atoms with Crippen LogP contribution in [0.5, 0.6) is 0 Å². The van der Waals surface area contributed by atoms with Crippen LogP contribution in [0.3, 0.4) is 0 Å². The first-order valence-electron chi connectivity index (χ1n) is 4.94. The van der Waals surface area contributed by atoms with Crippen LogP contribution in [0.15, 0.2) is 21.3 Å². The Morgan fingerprint density at radius 3 is 3.12 bits per heavy atom. The topological polar surface area (TPSA) is 46.0 Å². The fourth-order valence-corrected chi connectivity index (χ4v) is 3.46. The highest BCUT2D eigenvalue weighted by Gasteiger charge is 2.01. The third-order valence-electron chi connectivity index (χ3n) is 1.80. The normalized spacial score (nSPS) is 9.94. The van der Waals surface area contributed by atoms with Crippen molar-refractivity contribution in [3.05, 3.63) is 27.4 Å². The molecule has 2 aromatic rings. The highest BCUT2D eigenvalue weighted by Crippen LogP contribution is 2.26. The van der Waals surface area contributed by atoms with E-state index in [0.717, 1.165) is 15.7 Å². The van der Waals surface area contributed by atoms with Crippen LogP contribution in [-0.2, 0) is 5.75 Å². The van der Waals surface area contributed by atoms with Crippen LogP contribution in [0, 0.1) is 11.8 Å².